The van der Waals surface area contributed by atoms with Crippen molar-refractivity contribution in [1.29, 1.82) is 0 Å². The maximum Gasteiger partial charge on any atom is 0.244 e. The standard InChI is InChI=1S/C15H19NO3S2/c1-11-8-14(19-3)15(9-12(11)2)21(17,18)16-6-4-13-5-7-20-10-13/h5,7-10,16H,4,6H2,1-3H3. The highest BCUT2D eigenvalue weighted by molar-refractivity contribution is 7.89. The van der Waals surface area contributed by atoms with Gasteiger partial charge in [0.25, 0.3) is 0 Å². The molecule has 0 fully saturated rings. The van der Waals surface area contributed by atoms with Gasteiger partial charge in [-0.05, 0) is 65.9 Å². The van der Waals surface area contributed by atoms with Crippen molar-refractivity contribution in [2.45, 2.75) is 25.2 Å². The fourth-order valence-corrected chi connectivity index (χ4v) is 3.94. The van der Waals surface area contributed by atoms with Crippen LogP contribution in [0.4, 0.5) is 0 Å². The van der Waals surface area contributed by atoms with Crippen molar-refractivity contribution < 1.29 is 13.2 Å². The van der Waals surface area contributed by atoms with Gasteiger partial charge >= 0.3 is 0 Å². The molecule has 0 amide bonds. The van der Waals surface area contributed by atoms with Crippen LogP contribution in [0.15, 0.2) is 33.9 Å². The summed E-state index contributed by atoms with van der Waals surface area (Å²) in [5, 5.41) is 4.00. The molecular weight excluding hydrogens is 306 g/mol. The van der Waals surface area contributed by atoms with E-state index in [0.29, 0.717) is 18.7 Å². The fraction of sp³-hybridized carbons (Fsp3) is 0.333. The molecule has 1 N–H and O–H groups in total. The molecular formula is C15H19NO3S2. The molecule has 0 aliphatic carbocycles. The van der Waals surface area contributed by atoms with Gasteiger partial charge in [-0.2, -0.15) is 11.3 Å². The minimum absolute atomic E-state index is 0.193. The molecule has 0 atom stereocenters. The number of rotatable bonds is 6. The zero-order valence-electron chi connectivity index (χ0n) is 12.3. The molecule has 1 aromatic carbocycles. The predicted molar refractivity (Wildman–Crippen MR) is 85.7 cm³/mol. The van der Waals surface area contributed by atoms with E-state index >= 15 is 0 Å². The summed E-state index contributed by atoms with van der Waals surface area (Å²) in [4.78, 5) is 0.193. The van der Waals surface area contributed by atoms with Crippen LogP contribution in [0.2, 0.25) is 0 Å². The summed E-state index contributed by atoms with van der Waals surface area (Å²) in [6.45, 7) is 4.19. The Hall–Kier alpha value is -1.37. The van der Waals surface area contributed by atoms with Crippen molar-refractivity contribution in [1.82, 2.24) is 4.72 Å². The van der Waals surface area contributed by atoms with Crippen molar-refractivity contribution in [2.75, 3.05) is 13.7 Å². The Morgan fingerprint density at radius 1 is 1.24 bits per heavy atom. The van der Waals surface area contributed by atoms with Gasteiger partial charge in [0.05, 0.1) is 7.11 Å². The van der Waals surface area contributed by atoms with Gasteiger partial charge < -0.3 is 4.74 Å². The Morgan fingerprint density at radius 2 is 1.95 bits per heavy atom. The van der Waals surface area contributed by atoms with E-state index in [1.54, 1.807) is 23.5 Å². The van der Waals surface area contributed by atoms with Crippen molar-refractivity contribution >= 4 is 21.4 Å². The number of nitrogens with one attached hydrogen (secondary N) is 1. The third-order valence-corrected chi connectivity index (χ3v) is 5.57. The van der Waals surface area contributed by atoms with Crippen molar-refractivity contribution in [2.24, 2.45) is 0 Å². The van der Waals surface area contributed by atoms with Crippen LogP contribution in [0.25, 0.3) is 0 Å². The largest absolute Gasteiger partial charge is 0.495 e. The van der Waals surface area contributed by atoms with Gasteiger partial charge in [-0.15, -0.1) is 0 Å². The lowest BCUT2D eigenvalue weighted by Crippen LogP contribution is -2.26. The second kappa shape index (κ2) is 6.60. The molecule has 1 aromatic heterocycles. The molecule has 4 nitrogen and oxygen atoms in total. The maximum atomic E-state index is 12.4. The molecule has 0 unspecified atom stereocenters. The first-order valence-electron chi connectivity index (χ1n) is 6.60. The number of aryl methyl sites for hydroxylation is 2. The Balaban J connectivity index is 2.17. The molecule has 0 spiro atoms. The summed E-state index contributed by atoms with van der Waals surface area (Å²) >= 11 is 1.61. The lowest BCUT2D eigenvalue weighted by molar-refractivity contribution is 0.402. The van der Waals surface area contributed by atoms with E-state index < -0.39 is 10.0 Å². The number of benzene rings is 1. The summed E-state index contributed by atoms with van der Waals surface area (Å²) in [6.07, 6.45) is 0.676. The molecule has 2 rings (SSSR count). The van der Waals surface area contributed by atoms with Gasteiger partial charge in [-0.3, -0.25) is 0 Å². The smallest absolute Gasteiger partial charge is 0.244 e. The molecule has 0 aliphatic rings. The average Bonchev–Trinajstić information content (AvgIpc) is 2.94. The lowest BCUT2D eigenvalue weighted by Gasteiger charge is -2.13. The van der Waals surface area contributed by atoms with Crippen molar-refractivity contribution in [3.05, 3.63) is 45.6 Å². The van der Waals surface area contributed by atoms with Crippen LogP contribution in [-0.4, -0.2) is 22.1 Å². The van der Waals surface area contributed by atoms with Crippen LogP contribution >= 0.6 is 11.3 Å². The molecule has 0 saturated heterocycles. The zero-order chi connectivity index (χ0) is 15.5. The predicted octanol–water partition coefficient (Wildman–Crippen LogP) is 2.89. The molecule has 0 bridgehead atoms. The fourth-order valence-electron chi connectivity index (χ4n) is 1.98. The molecule has 6 heteroatoms. The number of sulfonamides is 1. The average molecular weight is 325 g/mol. The van der Waals surface area contributed by atoms with Crippen LogP contribution in [0, 0.1) is 13.8 Å². The van der Waals surface area contributed by atoms with E-state index in [-0.39, 0.29) is 4.90 Å². The quantitative estimate of drug-likeness (QED) is 0.888. The molecule has 21 heavy (non-hydrogen) atoms. The first kappa shape index (κ1) is 16.0. The summed E-state index contributed by atoms with van der Waals surface area (Å²) in [5.41, 5.74) is 3.06. The van der Waals surface area contributed by atoms with Crippen LogP contribution in [0.5, 0.6) is 5.75 Å². The minimum Gasteiger partial charge on any atom is -0.495 e. The number of hydrogen-bond acceptors (Lipinski definition) is 4. The van der Waals surface area contributed by atoms with Gasteiger partial charge in [-0.25, -0.2) is 13.1 Å². The van der Waals surface area contributed by atoms with E-state index in [0.717, 1.165) is 16.7 Å². The van der Waals surface area contributed by atoms with E-state index in [2.05, 4.69) is 4.72 Å². The SMILES string of the molecule is COc1cc(C)c(C)cc1S(=O)(=O)NCCc1ccsc1. The van der Waals surface area contributed by atoms with Gasteiger partial charge in [-0.1, -0.05) is 0 Å². The molecule has 0 aliphatic heterocycles. The van der Waals surface area contributed by atoms with Crippen molar-refractivity contribution in [3.63, 3.8) is 0 Å². The highest BCUT2D eigenvalue weighted by Crippen LogP contribution is 2.27. The maximum absolute atomic E-state index is 12.4. The number of ether oxygens (including phenoxy) is 1. The Labute approximate surface area is 129 Å². The monoisotopic (exact) mass is 325 g/mol. The topological polar surface area (TPSA) is 55.4 Å². The lowest BCUT2D eigenvalue weighted by atomic mass is 10.1. The van der Waals surface area contributed by atoms with Crippen LogP contribution in [0.3, 0.4) is 0 Å². The van der Waals surface area contributed by atoms with Crippen LogP contribution in [0.1, 0.15) is 16.7 Å². The number of methoxy groups -OCH3 is 1. The molecule has 2 aromatic rings. The van der Waals surface area contributed by atoms with E-state index in [1.165, 1.54) is 7.11 Å². The molecule has 114 valence electrons. The third-order valence-electron chi connectivity index (χ3n) is 3.36. The zero-order valence-corrected chi connectivity index (χ0v) is 14.0. The first-order valence-corrected chi connectivity index (χ1v) is 9.02. The van der Waals surface area contributed by atoms with Crippen LogP contribution in [-0.2, 0) is 16.4 Å². The third kappa shape index (κ3) is 3.84. The van der Waals surface area contributed by atoms with E-state index in [9.17, 15) is 8.42 Å². The highest BCUT2D eigenvalue weighted by atomic mass is 32.2. The van der Waals surface area contributed by atoms with Gasteiger partial charge in [0, 0.05) is 6.54 Å². The van der Waals surface area contributed by atoms with Gasteiger partial charge in [0.15, 0.2) is 0 Å². The van der Waals surface area contributed by atoms with E-state index in [4.69, 9.17) is 4.74 Å². The Morgan fingerprint density at radius 3 is 2.57 bits per heavy atom. The number of thiophene rings is 1. The van der Waals surface area contributed by atoms with Crippen molar-refractivity contribution in [3.8, 4) is 5.75 Å². The minimum atomic E-state index is -3.57. The summed E-state index contributed by atoms with van der Waals surface area (Å²) < 4.78 is 32.7. The molecule has 1 heterocycles. The highest BCUT2D eigenvalue weighted by Gasteiger charge is 2.20. The number of hydrogen-bond donors (Lipinski definition) is 1. The second-order valence-corrected chi connectivity index (χ2v) is 7.38. The van der Waals surface area contributed by atoms with Gasteiger partial charge in [0.2, 0.25) is 10.0 Å². The van der Waals surface area contributed by atoms with Crippen LogP contribution < -0.4 is 9.46 Å². The van der Waals surface area contributed by atoms with E-state index in [1.807, 2.05) is 30.7 Å². The summed E-state index contributed by atoms with van der Waals surface area (Å²) in [7, 11) is -2.09. The Bertz CT molecular complexity index is 707. The molecule has 0 radical (unpaired) electrons. The Kier molecular flexibility index (Phi) is 5.03. The second-order valence-electron chi connectivity index (χ2n) is 4.87. The normalized spacial score (nSPS) is 11.6. The molecule has 0 saturated carbocycles. The summed E-state index contributed by atoms with van der Waals surface area (Å²) in [5.74, 6) is 0.376. The first-order chi connectivity index (χ1) is 9.94. The summed E-state index contributed by atoms with van der Waals surface area (Å²) in [6, 6.07) is 5.40. The van der Waals surface area contributed by atoms with Gasteiger partial charge in [0.1, 0.15) is 10.6 Å².